The summed E-state index contributed by atoms with van der Waals surface area (Å²) in [6.45, 7) is 6.64. The summed E-state index contributed by atoms with van der Waals surface area (Å²) in [5, 5.41) is 11.4. The lowest BCUT2D eigenvalue weighted by Crippen LogP contribution is -2.41. The highest BCUT2D eigenvalue weighted by molar-refractivity contribution is 7.08. The molecular weight excluding hydrogens is 288 g/mol. The second-order valence-corrected chi connectivity index (χ2v) is 6.37. The van der Waals surface area contributed by atoms with Crippen molar-refractivity contribution in [1.82, 2.24) is 29.7 Å². The minimum absolute atomic E-state index is 0.0770. The standard InChI is InChI=1S/C13H18N6OS/c1-7(2)12-15-10-5-4-9(6-19(10)17-12)14-13(20)11-8(3)16-18-21-11/h7,9H,4-6H2,1-3H3,(H,14,20)/t9-/m1/s1. The number of hydrogen-bond donors (Lipinski definition) is 1. The van der Waals surface area contributed by atoms with E-state index in [2.05, 4.69) is 38.8 Å². The Balaban J connectivity index is 1.69. The smallest absolute Gasteiger partial charge is 0.265 e. The van der Waals surface area contributed by atoms with Crippen molar-refractivity contribution in [3.8, 4) is 0 Å². The van der Waals surface area contributed by atoms with Crippen LogP contribution in [0.5, 0.6) is 0 Å². The molecule has 0 bridgehead atoms. The molecular formula is C13H18N6OS. The largest absolute Gasteiger partial charge is 0.347 e. The Morgan fingerprint density at radius 3 is 2.95 bits per heavy atom. The molecule has 3 rings (SSSR count). The van der Waals surface area contributed by atoms with E-state index in [0.29, 0.717) is 23.0 Å². The van der Waals surface area contributed by atoms with E-state index in [1.807, 2.05) is 4.68 Å². The van der Waals surface area contributed by atoms with E-state index < -0.39 is 0 Å². The zero-order valence-electron chi connectivity index (χ0n) is 12.3. The molecule has 0 saturated carbocycles. The van der Waals surface area contributed by atoms with E-state index in [1.165, 1.54) is 0 Å². The topological polar surface area (TPSA) is 85.6 Å². The van der Waals surface area contributed by atoms with Crippen molar-refractivity contribution >= 4 is 17.4 Å². The van der Waals surface area contributed by atoms with Crippen LogP contribution in [0.3, 0.4) is 0 Å². The predicted molar refractivity (Wildman–Crippen MR) is 78.3 cm³/mol. The Morgan fingerprint density at radius 1 is 1.48 bits per heavy atom. The number of nitrogens with one attached hydrogen (secondary N) is 1. The van der Waals surface area contributed by atoms with E-state index in [4.69, 9.17) is 0 Å². The predicted octanol–water partition coefficient (Wildman–Crippen LogP) is 1.31. The van der Waals surface area contributed by atoms with Crippen molar-refractivity contribution in [2.75, 3.05) is 0 Å². The summed E-state index contributed by atoms with van der Waals surface area (Å²) >= 11 is 1.13. The Kier molecular flexibility index (Phi) is 3.71. The number of nitrogens with zero attached hydrogens (tertiary/aromatic N) is 5. The normalized spacial score (nSPS) is 17.8. The molecule has 0 spiro atoms. The van der Waals surface area contributed by atoms with Crippen molar-refractivity contribution in [2.45, 2.75) is 52.1 Å². The van der Waals surface area contributed by atoms with Gasteiger partial charge in [-0.3, -0.25) is 4.79 Å². The maximum absolute atomic E-state index is 12.2. The molecule has 0 unspecified atom stereocenters. The van der Waals surface area contributed by atoms with Gasteiger partial charge in [-0.2, -0.15) is 5.10 Å². The van der Waals surface area contributed by atoms with Crippen molar-refractivity contribution in [2.24, 2.45) is 0 Å². The molecule has 1 amide bonds. The van der Waals surface area contributed by atoms with E-state index in [0.717, 1.165) is 36.0 Å². The molecule has 112 valence electrons. The fraction of sp³-hybridized carbons (Fsp3) is 0.615. The summed E-state index contributed by atoms with van der Waals surface area (Å²) in [6, 6.07) is 0.0770. The number of aryl methyl sites for hydroxylation is 2. The summed E-state index contributed by atoms with van der Waals surface area (Å²) in [6.07, 6.45) is 1.72. The minimum Gasteiger partial charge on any atom is -0.347 e. The number of carbonyl (C=O) groups excluding carboxylic acids is 1. The summed E-state index contributed by atoms with van der Waals surface area (Å²) in [4.78, 5) is 17.3. The van der Waals surface area contributed by atoms with Gasteiger partial charge in [0.05, 0.1) is 12.2 Å². The van der Waals surface area contributed by atoms with Crippen LogP contribution in [-0.2, 0) is 13.0 Å². The van der Waals surface area contributed by atoms with E-state index >= 15 is 0 Å². The number of amides is 1. The lowest BCUT2D eigenvalue weighted by Gasteiger charge is -2.23. The molecule has 7 nitrogen and oxygen atoms in total. The van der Waals surface area contributed by atoms with Crippen molar-refractivity contribution < 1.29 is 4.79 Å². The molecule has 1 N–H and O–H groups in total. The van der Waals surface area contributed by atoms with Gasteiger partial charge in [-0.25, -0.2) is 9.67 Å². The molecule has 2 aromatic rings. The maximum Gasteiger partial charge on any atom is 0.265 e. The summed E-state index contributed by atoms with van der Waals surface area (Å²) < 4.78 is 5.72. The molecule has 1 aliphatic rings. The molecule has 0 saturated heterocycles. The van der Waals surface area contributed by atoms with Crippen LogP contribution < -0.4 is 5.32 Å². The van der Waals surface area contributed by atoms with Crippen LogP contribution in [-0.4, -0.2) is 36.3 Å². The Morgan fingerprint density at radius 2 is 2.29 bits per heavy atom. The van der Waals surface area contributed by atoms with E-state index in [1.54, 1.807) is 6.92 Å². The van der Waals surface area contributed by atoms with Gasteiger partial charge in [0.25, 0.3) is 5.91 Å². The molecule has 1 atom stereocenters. The highest BCUT2D eigenvalue weighted by Gasteiger charge is 2.25. The Labute approximate surface area is 126 Å². The van der Waals surface area contributed by atoms with Gasteiger partial charge < -0.3 is 5.32 Å². The SMILES string of the molecule is Cc1nnsc1C(=O)N[C@@H]1CCc2nc(C(C)C)nn2C1. The van der Waals surface area contributed by atoms with Gasteiger partial charge in [0.15, 0.2) is 5.82 Å². The monoisotopic (exact) mass is 306 g/mol. The first-order valence-electron chi connectivity index (χ1n) is 7.08. The highest BCUT2D eigenvalue weighted by atomic mass is 32.1. The van der Waals surface area contributed by atoms with Gasteiger partial charge >= 0.3 is 0 Å². The average Bonchev–Trinajstić information content (AvgIpc) is 3.04. The van der Waals surface area contributed by atoms with Crippen LogP contribution in [0, 0.1) is 6.92 Å². The van der Waals surface area contributed by atoms with Crippen LogP contribution in [0.4, 0.5) is 0 Å². The molecule has 3 heterocycles. The van der Waals surface area contributed by atoms with Crippen LogP contribution in [0.15, 0.2) is 0 Å². The average molecular weight is 306 g/mol. The molecule has 1 aliphatic heterocycles. The van der Waals surface area contributed by atoms with E-state index in [-0.39, 0.29) is 11.9 Å². The Hall–Kier alpha value is -1.83. The van der Waals surface area contributed by atoms with Crippen molar-refractivity contribution in [3.05, 3.63) is 22.2 Å². The molecule has 2 aromatic heterocycles. The second kappa shape index (κ2) is 5.51. The number of hydrogen-bond acceptors (Lipinski definition) is 6. The van der Waals surface area contributed by atoms with Crippen LogP contribution in [0.1, 0.15) is 53.2 Å². The third kappa shape index (κ3) is 2.80. The summed E-state index contributed by atoms with van der Waals surface area (Å²) in [7, 11) is 0. The minimum atomic E-state index is -0.0971. The van der Waals surface area contributed by atoms with Crippen molar-refractivity contribution in [1.29, 1.82) is 0 Å². The third-order valence-corrected chi connectivity index (χ3v) is 4.41. The zero-order valence-corrected chi connectivity index (χ0v) is 13.1. The molecule has 0 aromatic carbocycles. The fourth-order valence-corrected chi connectivity index (χ4v) is 2.94. The summed E-state index contributed by atoms with van der Waals surface area (Å²) in [5.41, 5.74) is 0.678. The molecule has 0 fully saturated rings. The van der Waals surface area contributed by atoms with Crippen LogP contribution in [0.2, 0.25) is 0 Å². The first-order valence-corrected chi connectivity index (χ1v) is 7.85. The van der Waals surface area contributed by atoms with Crippen LogP contribution in [0.25, 0.3) is 0 Å². The first-order chi connectivity index (χ1) is 10.0. The quantitative estimate of drug-likeness (QED) is 0.924. The first kappa shape index (κ1) is 14.1. The van der Waals surface area contributed by atoms with Gasteiger partial charge in [0.2, 0.25) is 0 Å². The van der Waals surface area contributed by atoms with Crippen molar-refractivity contribution in [3.63, 3.8) is 0 Å². The lowest BCUT2D eigenvalue weighted by atomic mass is 10.1. The number of aromatic nitrogens is 5. The van der Waals surface area contributed by atoms with Crippen LogP contribution >= 0.6 is 11.5 Å². The molecule has 0 aliphatic carbocycles. The zero-order chi connectivity index (χ0) is 15.0. The number of rotatable bonds is 3. The fourth-order valence-electron chi connectivity index (χ4n) is 2.38. The molecule has 8 heteroatoms. The maximum atomic E-state index is 12.2. The highest BCUT2D eigenvalue weighted by Crippen LogP contribution is 2.18. The van der Waals surface area contributed by atoms with E-state index in [9.17, 15) is 4.79 Å². The van der Waals surface area contributed by atoms with Gasteiger partial charge in [-0.1, -0.05) is 18.3 Å². The Bertz CT molecular complexity index is 661. The van der Waals surface area contributed by atoms with Gasteiger partial charge in [-0.15, -0.1) is 5.10 Å². The second-order valence-electron chi connectivity index (χ2n) is 5.62. The van der Waals surface area contributed by atoms with Gasteiger partial charge in [0.1, 0.15) is 10.7 Å². The summed E-state index contributed by atoms with van der Waals surface area (Å²) in [5.74, 6) is 2.11. The number of fused-ring (bicyclic) bond motifs is 1. The molecule has 0 radical (unpaired) electrons. The molecule has 21 heavy (non-hydrogen) atoms. The third-order valence-electron chi connectivity index (χ3n) is 3.58. The lowest BCUT2D eigenvalue weighted by molar-refractivity contribution is 0.0929. The van der Waals surface area contributed by atoms with Gasteiger partial charge in [0, 0.05) is 18.4 Å². The van der Waals surface area contributed by atoms with Gasteiger partial charge in [-0.05, 0) is 24.9 Å². The number of carbonyl (C=O) groups is 1.